The first kappa shape index (κ1) is 10.3. The predicted octanol–water partition coefficient (Wildman–Crippen LogP) is 1.78. The Kier molecular flexibility index (Phi) is 4.66. The zero-order valence-electron chi connectivity index (χ0n) is 6.56. The van der Waals surface area contributed by atoms with Crippen molar-refractivity contribution in [3.8, 4) is 0 Å². The summed E-state index contributed by atoms with van der Waals surface area (Å²) in [6.45, 7) is 7.55. The van der Waals surface area contributed by atoms with Gasteiger partial charge in [-0.15, -0.1) is 0 Å². The summed E-state index contributed by atoms with van der Waals surface area (Å²) in [7, 11) is 1.52. The Balaban J connectivity index is 4.35. The molecule has 0 aliphatic rings. The molecular formula is C8H12ClNO. The van der Waals surface area contributed by atoms with Crippen LogP contribution in [-0.4, -0.2) is 13.7 Å². The number of hydrogen-bond acceptors (Lipinski definition) is 2. The topological polar surface area (TPSA) is 35.2 Å². The Morgan fingerprint density at radius 3 is 2.45 bits per heavy atom. The highest BCUT2D eigenvalue weighted by Crippen LogP contribution is 2.13. The number of ether oxygens (including phenoxy) is 1. The van der Waals surface area contributed by atoms with Gasteiger partial charge in [-0.25, -0.2) is 0 Å². The molecule has 2 nitrogen and oxygen atoms in total. The van der Waals surface area contributed by atoms with Gasteiger partial charge in [0.1, 0.15) is 5.76 Å². The quantitative estimate of drug-likeness (QED) is 0.520. The molecule has 11 heavy (non-hydrogen) atoms. The Morgan fingerprint density at radius 1 is 1.64 bits per heavy atom. The van der Waals surface area contributed by atoms with Crippen LogP contribution in [0, 0.1) is 0 Å². The molecule has 0 aromatic heterocycles. The summed E-state index contributed by atoms with van der Waals surface area (Å²) in [5.74, 6) is 0.502. The number of methoxy groups -OCH3 is 1. The molecule has 0 spiro atoms. The van der Waals surface area contributed by atoms with Crippen LogP contribution >= 0.6 is 11.6 Å². The molecular weight excluding hydrogens is 162 g/mol. The number of nitrogens with two attached hydrogens (primary N) is 1. The fraction of sp³-hybridized carbons (Fsp3) is 0.250. The summed E-state index contributed by atoms with van der Waals surface area (Å²) < 4.78 is 4.90. The van der Waals surface area contributed by atoms with Crippen LogP contribution < -0.4 is 5.73 Å². The monoisotopic (exact) mass is 173 g/mol. The lowest BCUT2D eigenvalue weighted by molar-refractivity contribution is 0.304. The van der Waals surface area contributed by atoms with Crippen LogP contribution in [0.2, 0.25) is 0 Å². The summed E-state index contributed by atoms with van der Waals surface area (Å²) in [4.78, 5) is 0. The van der Waals surface area contributed by atoms with E-state index in [9.17, 15) is 0 Å². The third-order valence-electron chi connectivity index (χ3n) is 1.08. The van der Waals surface area contributed by atoms with Crippen LogP contribution in [0.1, 0.15) is 0 Å². The molecule has 0 atom stereocenters. The molecule has 0 aromatic rings. The van der Waals surface area contributed by atoms with Gasteiger partial charge in [0.05, 0.1) is 12.1 Å². The molecule has 0 aliphatic heterocycles. The molecule has 0 rings (SSSR count). The first-order chi connectivity index (χ1) is 5.11. The molecule has 0 aliphatic carbocycles. The zero-order chi connectivity index (χ0) is 8.85. The van der Waals surface area contributed by atoms with Gasteiger partial charge in [0.25, 0.3) is 0 Å². The summed E-state index contributed by atoms with van der Waals surface area (Å²) in [6, 6.07) is 0. The second-order valence-corrected chi connectivity index (χ2v) is 2.44. The van der Waals surface area contributed by atoms with Crippen LogP contribution in [0.25, 0.3) is 0 Å². The van der Waals surface area contributed by atoms with Gasteiger partial charge in [-0.1, -0.05) is 24.8 Å². The third kappa shape index (κ3) is 3.86. The molecule has 0 saturated carbocycles. The van der Waals surface area contributed by atoms with Crippen molar-refractivity contribution in [2.24, 2.45) is 5.73 Å². The smallest absolute Gasteiger partial charge is 0.137 e. The van der Waals surface area contributed by atoms with Crippen molar-refractivity contribution in [1.29, 1.82) is 0 Å². The van der Waals surface area contributed by atoms with Gasteiger partial charge in [-0.2, -0.15) is 0 Å². The third-order valence-corrected chi connectivity index (χ3v) is 1.27. The second kappa shape index (κ2) is 4.99. The van der Waals surface area contributed by atoms with Gasteiger partial charge in [-0.3, -0.25) is 0 Å². The maximum atomic E-state index is 5.58. The van der Waals surface area contributed by atoms with Crippen molar-refractivity contribution in [3.05, 3.63) is 35.6 Å². The van der Waals surface area contributed by atoms with Crippen molar-refractivity contribution in [2.45, 2.75) is 0 Å². The molecule has 2 N–H and O–H groups in total. The minimum absolute atomic E-state index is 0.349. The van der Waals surface area contributed by atoms with Crippen LogP contribution in [0.5, 0.6) is 0 Å². The standard InChI is InChI=1S/C8H12ClNO/c1-6(5-10)4-8(11-3)7(2)9/h4H,1-2,5,10H2,3H3/b8-4+. The lowest BCUT2D eigenvalue weighted by Gasteiger charge is -2.03. The molecule has 62 valence electrons. The zero-order valence-corrected chi connectivity index (χ0v) is 7.32. The van der Waals surface area contributed by atoms with Gasteiger partial charge in [0.15, 0.2) is 0 Å². The Hall–Kier alpha value is -0.730. The highest BCUT2D eigenvalue weighted by Gasteiger charge is 1.98. The molecule has 0 aromatic carbocycles. The van der Waals surface area contributed by atoms with E-state index in [0.717, 1.165) is 5.57 Å². The van der Waals surface area contributed by atoms with Crippen LogP contribution in [0.4, 0.5) is 0 Å². The van der Waals surface area contributed by atoms with Crippen molar-refractivity contribution < 1.29 is 4.74 Å². The number of hydrogen-bond donors (Lipinski definition) is 1. The van der Waals surface area contributed by atoms with Gasteiger partial charge >= 0.3 is 0 Å². The van der Waals surface area contributed by atoms with Crippen molar-refractivity contribution >= 4 is 11.6 Å². The highest BCUT2D eigenvalue weighted by atomic mass is 35.5. The van der Waals surface area contributed by atoms with Gasteiger partial charge in [0, 0.05) is 6.54 Å². The van der Waals surface area contributed by atoms with E-state index in [4.69, 9.17) is 22.1 Å². The Bertz CT molecular complexity index is 196. The minimum atomic E-state index is 0.349. The average Bonchev–Trinajstić information content (AvgIpc) is 1.99. The fourth-order valence-electron chi connectivity index (χ4n) is 0.492. The predicted molar refractivity (Wildman–Crippen MR) is 48.3 cm³/mol. The summed E-state index contributed by atoms with van der Waals surface area (Å²) in [5, 5.41) is 0.349. The maximum Gasteiger partial charge on any atom is 0.137 e. The lowest BCUT2D eigenvalue weighted by Crippen LogP contribution is -2.00. The van der Waals surface area contributed by atoms with Crippen molar-refractivity contribution in [3.63, 3.8) is 0 Å². The van der Waals surface area contributed by atoms with Gasteiger partial charge in [0.2, 0.25) is 0 Å². The van der Waals surface area contributed by atoms with Crippen LogP contribution in [-0.2, 0) is 4.74 Å². The fourth-order valence-corrected chi connectivity index (χ4v) is 0.624. The van der Waals surface area contributed by atoms with Gasteiger partial charge in [-0.05, 0) is 11.6 Å². The largest absolute Gasteiger partial charge is 0.495 e. The van der Waals surface area contributed by atoms with E-state index in [2.05, 4.69) is 13.2 Å². The van der Waals surface area contributed by atoms with Crippen LogP contribution in [0.3, 0.4) is 0 Å². The highest BCUT2D eigenvalue weighted by molar-refractivity contribution is 6.31. The molecule has 0 bridgehead atoms. The molecule has 3 heteroatoms. The van der Waals surface area contributed by atoms with Gasteiger partial charge < -0.3 is 10.5 Å². The Labute approximate surface area is 72.0 Å². The maximum absolute atomic E-state index is 5.58. The second-order valence-electron chi connectivity index (χ2n) is 1.98. The van der Waals surface area contributed by atoms with Crippen molar-refractivity contribution in [2.75, 3.05) is 13.7 Å². The number of rotatable bonds is 4. The summed E-state index contributed by atoms with van der Waals surface area (Å²) >= 11 is 5.58. The molecule has 0 saturated heterocycles. The van der Waals surface area contributed by atoms with E-state index in [1.807, 2.05) is 0 Å². The number of halogens is 1. The first-order valence-electron chi connectivity index (χ1n) is 3.10. The van der Waals surface area contributed by atoms with E-state index in [0.29, 0.717) is 17.3 Å². The van der Waals surface area contributed by atoms with E-state index >= 15 is 0 Å². The molecule has 0 unspecified atom stereocenters. The first-order valence-corrected chi connectivity index (χ1v) is 3.48. The SMILES string of the molecule is C=C(/C=C(/OC)C(=C)Cl)CN. The van der Waals surface area contributed by atoms with Crippen LogP contribution in [0.15, 0.2) is 35.6 Å². The lowest BCUT2D eigenvalue weighted by atomic mass is 10.2. The molecule has 0 fully saturated rings. The molecule has 0 heterocycles. The van der Waals surface area contributed by atoms with E-state index in [1.165, 1.54) is 7.11 Å². The minimum Gasteiger partial charge on any atom is -0.495 e. The number of allylic oxidation sites excluding steroid dienone is 1. The average molecular weight is 174 g/mol. The molecule has 0 amide bonds. The van der Waals surface area contributed by atoms with E-state index in [-0.39, 0.29) is 0 Å². The summed E-state index contributed by atoms with van der Waals surface area (Å²) in [6.07, 6.45) is 1.66. The molecule has 0 radical (unpaired) electrons. The van der Waals surface area contributed by atoms with E-state index in [1.54, 1.807) is 6.08 Å². The van der Waals surface area contributed by atoms with E-state index < -0.39 is 0 Å². The summed E-state index contributed by atoms with van der Waals surface area (Å²) in [5.41, 5.74) is 6.06. The Morgan fingerprint density at radius 2 is 2.18 bits per heavy atom. The van der Waals surface area contributed by atoms with Crippen molar-refractivity contribution in [1.82, 2.24) is 0 Å². The normalized spacial score (nSPS) is 11.0.